The standard InChI is InChI=1S/C10H15NO2/c1-10(7-12-8-11-10)5-4-9-3-2-6-13-9/h2-3,6,11H,4-5,7-8H2,1H3/t10-/m1/s1. The van der Waals surface area contributed by atoms with E-state index in [1.165, 1.54) is 0 Å². The van der Waals surface area contributed by atoms with Crippen molar-refractivity contribution in [2.24, 2.45) is 0 Å². The van der Waals surface area contributed by atoms with E-state index in [1.54, 1.807) is 6.26 Å². The van der Waals surface area contributed by atoms with Gasteiger partial charge in [-0.25, -0.2) is 0 Å². The second-order valence-electron chi connectivity index (χ2n) is 3.81. The molecule has 0 amide bonds. The molecule has 0 spiro atoms. The van der Waals surface area contributed by atoms with Crippen LogP contribution >= 0.6 is 0 Å². The highest BCUT2D eigenvalue weighted by Gasteiger charge is 2.28. The molecule has 3 heteroatoms. The van der Waals surface area contributed by atoms with Crippen molar-refractivity contribution in [3.63, 3.8) is 0 Å². The van der Waals surface area contributed by atoms with Crippen LogP contribution in [0.5, 0.6) is 0 Å². The van der Waals surface area contributed by atoms with Gasteiger partial charge in [-0.3, -0.25) is 5.32 Å². The van der Waals surface area contributed by atoms with Crippen molar-refractivity contribution in [2.75, 3.05) is 13.3 Å². The highest BCUT2D eigenvalue weighted by atomic mass is 16.5. The van der Waals surface area contributed by atoms with Crippen molar-refractivity contribution in [2.45, 2.75) is 25.3 Å². The number of aryl methyl sites for hydroxylation is 1. The van der Waals surface area contributed by atoms with Crippen LogP contribution in [0.4, 0.5) is 0 Å². The Morgan fingerprint density at radius 2 is 2.54 bits per heavy atom. The number of hydrogen-bond donors (Lipinski definition) is 1. The second kappa shape index (κ2) is 3.52. The molecule has 2 rings (SSSR count). The lowest BCUT2D eigenvalue weighted by molar-refractivity contribution is 0.177. The summed E-state index contributed by atoms with van der Waals surface area (Å²) in [6.07, 6.45) is 3.75. The zero-order valence-corrected chi connectivity index (χ0v) is 7.88. The van der Waals surface area contributed by atoms with Crippen LogP contribution in [-0.2, 0) is 11.2 Å². The lowest BCUT2D eigenvalue weighted by Crippen LogP contribution is -2.39. The third-order valence-corrected chi connectivity index (χ3v) is 2.52. The minimum Gasteiger partial charge on any atom is -0.469 e. The largest absolute Gasteiger partial charge is 0.469 e. The molecule has 1 aromatic heterocycles. The summed E-state index contributed by atoms with van der Waals surface area (Å²) in [5.74, 6) is 1.05. The van der Waals surface area contributed by atoms with Crippen LogP contribution in [0.3, 0.4) is 0 Å². The number of rotatable bonds is 3. The molecular formula is C10H15NO2. The Kier molecular flexibility index (Phi) is 2.38. The Morgan fingerprint density at radius 1 is 1.62 bits per heavy atom. The molecule has 0 aromatic carbocycles. The van der Waals surface area contributed by atoms with Crippen LogP contribution in [0.25, 0.3) is 0 Å². The molecule has 1 aliphatic heterocycles. The van der Waals surface area contributed by atoms with Gasteiger partial charge >= 0.3 is 0 Å². The third-order valence-electron chi connectivity index (χ3n) is 2.52. The molecule has 1 atom stereocenters. The molecule has 0 aliphatic carbocycles. The van der Waals surface area contributed by atoms with E-state index in [4.69, 9.17) is 9.15 Å². The summed E-state index contributed by atoms with van der Waals surface area (Å²) in [4.78, 5) is 0. The quantitative estimate of drug-likeness (QED) is 0.768. The van der Waals surface area contributed by atoms with Gasteiger partial charge in [0.25, 0.3) is 0 Å². The smallest absolute Gasteiger partial charge is 0.103 e. The van der Waals surface area contributed by atoms with Gasteiger partial charge in [0.15, 0.2) is 0 Å². The summed E-state index contributed by atoms with van der Waals surface area (Å²) in [5.41, 5.74) is 0.132. The van der Waals surface area contributed by atoms with Gasteiger partial charge in [-0.2, -0.15) is 0 Å². The van der Waals surface area contributed by atoms with Crippen molar-refractivity contribution in [1.82, 2.24) is 5.32 Å². The van der Waals surface area contributed by atoms with Crippen LogP contribution in [0.1, 0.15) is 19.1 Å². The fraction of sp³-hybridized carbons (Fsp3) is 0.600. The summed E-state index contributed by atoms with van der Waals surface area (Å²) in [7, 11) is 0. The van der Waals surface area contributed by atoms with Crippen molar-refractivity contribution < 1.29 is 9.15 Å². The Morgan fingerprint density at radius 3 is 3.15 bits per heavy atom. The van der Waals surface area contributed by atoms with Gasteiger partial charge in [-0.1, -0.05) is 0 Å². The molecule has 0 unspecified atom stereocenters. The van der Waals surface area contributed by atoms with E-state index in [2.05, 4.69) is 12.2 Å². The Balaban J connectivity index is 1.85. The number of hydrogen-bond acceptors (Lipinski definition) is 3. The van der Waals surface area contributed by atoms with Crippen LogP contribution < -0.4 is 5.32 Å². The van der Waals surface area contributed by atoms with Crippen LogP contribution in [0.2, 0.25) is 0 Å². The van der Waals surface area contributed by atoms with Gasteiger partial charge in [-0.15, -0.1) is 0 Å². The lowest BCUT2D eigenvalue weighted by Gasteiger charge is -2.21. The predicted molar refractivity (Wildman–Crippen MR) is 49.4 cm³/mol. The molecule has 1 saturated heterocycles. The summed E-state index contributed by atoms with van der Waals surface area (Å²) in [6.45, 7) is 3.66. The molecule has 1 aromatic rings. The van der Waals surface area contributed by atoms with E-state index in [0.29, 0.717) is 6.73 Å². The van der Waals surface area contributed by atoms with E-state index in [-0.39, 0.29) is 5.54 Å². The summed E-state index contributed by atoms with van der Waals surface area (Å²) in [5, 5.41) is 3.33. The Labute approximate surface area is 78.1 Å². The summed E-state index contributed by atoms with van der Waals surface area (Å²) in [6, 6.07) is 3.94. The van der Waals surface area contributed by atoms with E-state index in [0.717, 1.165) is 25.2 Å². The average Bonchev–Trinajstić information content (AvgIpc) is 2.72. The predicted octanol–water partition coefficient (Wildman–Crippen LogP) is 1.55. The van der Waals surface area contributed by atoms with Gasteiger partial charge < -0.3 is 9.15 Å². The van der Waals surface area contributed by atoms with Gasteiger partial charge in [0.2, 0.25) is 0 Å². The van der Waals surface area contributed by atoms with Gasteiger partial charge in [0.1, 0.15) is 5.76 Å². The first-order valence-electron chi connectivity index (χ1n) is 4.64. The molecular weight excluding hydrogens is 166 g/mol. The van der Waals surface area contributed by atoms with E-state index >= 15 is 0 Å². The van der Waals surface area contributed by atoms with Crippen molar-refractivity contribution in [3.8, 4) is 0 Å². The number of ether oxygens (including phenoxy) is 1. The van der Waals surface area contributed by atoms with Crippen molar-refractivity contribution >= 4 is 0 Å². The highest BCUT2D eigenvalue weighted by Crippen LogP contribution is 2.18. The minimum atomic E-state index is 0.132. The molecule has 0 bridgehead atoms. The third kappa shape index (κ3) is 2.11. The topological polar surface area (TPSA) is 34.4 Å². The Hall–Kier alpha value is -0.800. The van der Waals surface area contributed by atoms with Crippen molar-refractivity contribution in [1.29, 1.82) is 0 Å². The molecule has 1 aliphatic rings. The summed E-state index contributed by atoms with van der Waals surface area (Å²) >= 11 is 0. The fourth-order valence-electron chi connectivity index (χ4n) is 1.57. The maximum absolute atomic E-state index is 5.29. The zero-order chi connectivity index (χ0) is 9.15. The molecule has 0 saturated carbocycles. The first kappa shape index (κ1) is 8.78. The average molecular weight is 181 g/mol. The van der Waals surface area contributed by atoms with Crippen LogP contribution in [0.15, 0.2) is 22.8 Å². The zero-order valence-electron chi connectivity index (χ0n) is 7.88. The number of nitrogens with one attached hydrogen (secondary N) is 1. The molecule has 72 valence electrons. The molecule has 1 fully saturated rings. The highest BCUT2D eigenvalue weighted by molar-refractivity contribution is 5.00. The fourth-order valence-corrected chi connectivity index (χ4v) is 1.57. The maximum Gasteiger partial charge on any atom is 0.103 e. The van der Waals surface area contributed by atoms with Crippen LogP contribution in [-0.4, -0.2) is 18.9 Å². The van der Waals surface area contributed by atoms with Crippen LogP contribution in [0, 0.1) is 0 Å². The SMILES string of the molecule is C[C@@]1(CCc2ccco2)COCN1. The summed E-state index contributed by atoms with van der Waals surface area (Å²) < 4.78 is 10.6. The maximum atomic E-state index is 5.29. The second-order valence-corrected chi connectivity index (χ2v) is 3.81. The number of furan rings is 1. The van der Waals surface area contributed by atoms with E-state index in [1.807, 2.05) is 12.1 Å². The van der Waals surface area contributed by atoms with E-state index in [9.17, 15) is 0 Å². The van der Waals surface area contributed by atoms with Gasteiger partial charge in [0.05, 0.1) is 19.6 Å². The molecule has 3 nitrogen and oxygen atoms in total. The molecule has 2 heterocycles. The minimum absolute atomic E-state index is 0.132. The van der Waals surface area contributed by atoms with Gasteiger partial charge in [-0.05, 0) is 25.5 Å². The Bertz CT molecular complexity index is 250. The molecule has 1 N–H and O–H groups in total. The monoisotopic (exact) mass is 181 g/mol. The lowest BCUT2D eigenvalue weighted by atomic mass is 9.97. The molecule has 0 radical (unpaired) electrons. The normalized spacial score (nSPS) is 28.1. The molecule has 13 heavy (non-hydrogen) atoms. The van der Waals surface area contributed by atoms with E-state index < -0.39 is 0 Å². The van der Waals surface area contributed by atoms with Gasteiger partial charge in [0, 0.05) is 12.0 Å². The van der Waals surface area contributed by atoms with Crippen molar-refractivity contribution in [3.05, 3.63) is 24.2 Å². The first-order valence-corrected chi connectivity index (χ1v) is 4.64. The first-order chi connectivity index (χ1) is 6.29.